The number of aromatic amines is 2. The number of alkyl carbamates (subject to hydrolysis) is 1. The molecule has 0 unspecified atom stereocenters. The third kappa shape index (κ3) is 6.58. The van der Waals surface area contributed by atoms with Gasteiger partial charge in [0.2, 0.25) is 0 Å². The predicted octanol–water partition coefficient (Wildman–Crippen LogP) is 7.08. The van der Waals surface area contributed by atoms with Crippen LogP contribution in [0, 0.1) is 20.8 Å². The van der Waals surface area contributed by atoms with Gasteiger partial charge in [-0.1, -0.05) is 13.8 Å². The van der Waals surface area contributed by atoms with Crippen LogP contribution in [0.25, 0.3) is 33.7 Å². The van der Waals surface area contributed by atoms with Crippen LogP contribution >= 0.6 is 0 Å². The topological polar surface area (TPSA) is 131 Å². The fourth-order valence-corrected chi connectivity index (χ4v) is 6.46. The number of allylic oxidation sites excluding steroid dienone is 1. The number of aromatic nitrogens is 4. The van der Waals surface area contributed by atoms with Gasteiger partial charge in [0, 0.05) is 70.9 Å². The van der Waals surface area contributed by atoms with Gasteiger partial charge in [-0.15, -0.1) is 0 Å². The Morgan fingerprint density at radius 2 is 1.61 bits per heavy atom. The van der Waals surface area contributed by atoms with E-state index in [0.717, 1.165) is 79.1 Å². The molecule has 0 saturated heterocycles. The quantitative estimate of drug-likeness (QED) is 0.171. The Hall–Kier alpha value is -4.44. The Labute approximate surface area is 270 Å². The molecule has 0 saturated carbocycles. The van der Waals surface area contributed by atoms with Gasteiger partial charge < -0.3 is 29.5 Å². The van der Waals surface area contributed by atoms with Gasteiger partial charge in [-0.25, -0.2) is 9.78 Å². The molecule has 46 heavy (non-hydrogen) atoms. The average molecular weight is 628 g/mol. The van der Waals surface area contributed by atoms with Gasteiger partial charge in [0.25, 0.3) is 0 Å². The molecule has 10 heteroatoms. The molecule has 0 spiro atoms. The number of aryl methyl sites for hydroxylation is 3. The molecular weight excluding hydrogens is 582 g/mol. The Bertz CT molecular complexity index is 1850. The summed E-state index contributed by atoms with van der Waals surface area (Å²) in [5.74, 6) is -0.165. The first kappa shape index (κ1) is 32.9. The van der Waals surface area contributed by atoms with Crippen LogP contribution in [0.5, 0.6) is 0 Å². The van der Waals surface area contributed by atoms with Crippen LogP contribution in [0.2, 0.25) is 0 Å². The third-order valence-electron chi connectivity index (χ3n) is 9.37. The first-order valence-corrected chi connectivity index (χ1v) is 15.9. The van der Waals surface area contributed by atoms with E-state index in [1.165, 1.54) is 12.7 Å². The summed E-state index contributed by atoms with van der Waals surface area (Å²) in [6.07, 6.45) is 3.40. The summed E-state index contributed by atoms with van der Waals surface area (Å²) in [5.41, 5.74) is 13.7. The number of hydrogen-bond acceptors (Lipinski definition) is 7. The van der Waals surface area contributed by atoms with Gasteiger partial charge in [0.15, 0.2) is 0 Å². The Morgan fingerprint density at radius 1 is 0.913 bits per heavy atom. The zero-order valence-corrected chi connectivity index (χ0v) is 28.1. The number of fused-ring (bicyclic) bond motifs is 8. The van der Waals surface area contributed by atoms with Gasteiger partial charge in [-0.3, -0.25) is 9.78 Å². The highest BCUT2D eigenvalue weighted by Crippen LogP contribution is 2.42. The molecule has 244 valence electrons. The number of H-pyrrole nitrogens is 2. The van der Waals surface area contributed by atoms with E-state index in [1.807, 2.05) is 6.92 Å². The first-order chi connectivity index (χ1) is 22.1. The second-order valence-electron chi connectivity index (χ2n) is 12.2. The maximum Gasteiger partial charge on any atom is 0.407 e. The van der Waals surface area contributed by atoms with Gasteiger partial charge in [0.1, 0.15) is 6.61 Å². The number of esters is 1. The predicted molar refractivity (Wildman–Crippen MR) is 181 cm³/mol. The van der Waals surface area contributed by atoms with Crippen molar-refractivity contribution in [3.8, 4) is 0 Å². The monoisotopic (exact) mass is 627 g/mol. The molecule has 2 atom stereocenters. The Morgan fingerprint density at radius 3 is 2.30 bits per heavy atom. The third-order valence-corrected chi connectivity index (χ3v) is 9.37. The molecule has 1 amide bonds. The van der Waals surface area contributed by atoms with Crippen LogP contribution < -0.4 is 5.32 Å². The minimum atomic E-state index is -0.502. The van der Waals surface area contributed by atoms with Crippen molar-refractivity contribution in [2.24, 2.45) is 0 Å². The van der Waals surface area contributed by atoms with E-state index in [-0.39, 0.29) is 24.4 Å². The summed E-state index contributed by atoms with van der Waals surface area (Å²) in [4.78, 5) is 42.2. The zero-order valence-electron chi connectivity index (χ0n) is 28.1. The number of ether oxygens (including phenoxy) is 3. The summed E-state index contributed by atoms with van der Waals surface area (Å²) in [5, 5.41) is 2.72. The average Bonchev–Trinajstić information content (AvgIpc) is 3.73. The molecule has 3 aromatic heterocycles. The molecule has 10 nitrogen and oxygen atoms in total. The SMILES string of the molecule is CCc1c(C)c2cc3[nH]c(cc4nc(c(C)c5nc(cc1[nH]2)C(C)=C5)[C@@H](CCC(=O)OC)[C@@H]4C)c(C)c3COC(=O)NCCOC. The summed E-state index contributed by atoms with van der Waals surface area (Å²) < 4.78 is 15.7. The van der Waals surface area contributed by atoms with E-state index in [1.54, 1.807) is 7.11 Å². The molecule has 0 fully saturated rings. The van der Waals surface area contributed by atoms with Crippen LogP contribution in [-0.4, -0.2) is 59.4 Å². The number of carbonyl (C=O) groups is 2. The van der Waals surface area contributed by atoms with Crippen molar-refractivity contribution in [1.82, 2.24) is 25.3 Å². The number of methoxy groups -OCH3 is 2. The van der Waals surface area contributed by atoms with Crippen LogP contribution in [0.3, 0.4) is 0 Å². The molecular formula is C36H45N5O5. The summed E-state index contributed by atoms with van der Waals surface area (Å²) in [7, 11) is 3.01. The molecule has 3 aromatic rings. The molecule has 5 heterocycles. The molecule has 3 N–H and O–H groups in total. The molecule has 2 aliphatic heterocycles. The minimum Gasteiger partial charge on any atom is -0.469 e. The maximum absolute atomic E-state index is 12.5. The van der Waals surface area contributed by atoms with Crippen molar-refractivity contribution in [3.63, 3.8) is 0 Å². The van der Waals surface area contributed by atoms with Crippen LogP contribution in [-0.2, 0) is 32.0 Å². The van der Waals surface area contributed by atoms with Crippen LogP contribution in [0.1, 0.15) is 96.0 Å². The molecule has 8 bridgehead atoms. The van der Waals surface area contributed by atoms with Crippen molar-refractivity contribution in [2.45, 2.75) is 79.2 Å². The van der Waals surface area contributed by atoms with E-state index in [4.69, 9.17) is 24.2 Å². The number of hydrogen-bond donors (Lipinski definition) is 3. The number of carbonyl (C=O) groups excluding carboxylic acids is 2. The summed E-state index contributed by atoms with van der Waals surface area (Å²) in [6, 6.07) is 6.30. The zero-order chi connectivity index (χ0) is 33.1. The molecule has 0 aromatic carbocycles. The normalized spacial score (nSPS) is 15.9. The van der Waals surface area contributed by atoms with Crippen molar-refractivity contribution < 1.29 is 23.8 Å². The fourth-order valence-electron chi connectivity index (χ4n) is 6.46. The lowest BCUT2D eigenvalue weighted by Crippen LogP contribution is -2.27. The highest BCUT2D eigenvalue weighted by atomic mass is 16.5. The lowest BCUT2D eigenvalue weighted by Gasteiger charge is -2.16. The van der Waals surface area contributed by atoms with Crippen molar-refractivity contribution in [3.05, 3.63) is 68.8 Å². The number of nitrogens with zero attached hydrogens (tertiary/aromatic N) is 2. The smallest absolute Gasteiger partial charge is 0.407 e. The molecule has 5 rings (SSSR count). The summed E-state index contributed by atoms with van der Waals surface area (Å²) in [6.45, 7) is 13.5. The van der Waals surface area contributed by atoms with Crippen molar-refractivity contribution in [2.75, 3.05) is 27.4 Å². The van der Waals surface area contributed by atoms with Gasteiger partial charge in [0.05, 0.1) is 25.1 Å². The summed E-state index contributed by atoms with van der Waals surface area (Å²) >= 11 is 0. The molecule has 0 aliphatic carbocycles. The first-order valence-electron chi connectivity index (χ1n) is 15.9. The van der Waals surface area contributed by atoms with E-state index in [0.29, 0.717) is 26.0 Å². The van der Waals surface area contributed by atoms with Crippen LogP contribution in [0.15, 0.2) is 18.2 Å². The van der Waals surface area contributed by atoms with Gasteiger partial charge in [-0.2, -0.15) is 0 Å². The van der Waals surface area contributed by atoms with E-state index in [2.05, 4.69) is 74.2 Å². The van der Waals surface area contributed by atoms with Crippen LogP contribution in [0.4, 0.5) is 4.79 Å². The standard InChI is InChI=1S/C36H45N5O5/c1-9-24-20(3)30-17-33-26(18-46-36(43)37-12-13-44-7)22(5)29(40-33)16-31-21(4)25(10-11-34(42)45-8)35(41-31)23(6)28-14-19(2)27(38-28)15-32(24)39-30/h14-17,21,25,39-40H,9-13,18H2,1-8H3,(H,37,43)/t21-,25-/m0/s1. The second-order valence-corrected chi connectivity index (χ2v) is 12.2. The number of nitrogens with one attached hydrogen (secondary N) is 3. The maximum atomic E-state index is 12.5. The lowest BCUT2D eigenvalue weighted by atomic mass is 9.86. The number of amides is 1. The van der Waals surface area contributed by atoms with E-state index >= 15 is 0 Å². The largest absolute Gasteiger partial charge is 0.469 e. The van der Waals surface area contributed by atoms with E-state index in [9.17, 15) is 9.59 Å². The lowest BCUT2D eigenvalue weighted by molar-refractivity contribution is -0.140. The van der Waals surface area contributed by atoms with Gasteiger partial charge in [-0.05, 0) is 92.6 Å². The highest BCUT2D eigenvalue weighted by molar-refractivity contribution is 5.85. The minimum absolute atomic E-state index is 0.0188. The van der Waals surface area contributed by atoms with Crippen molar-refractivity contribution in [1.29, 1.82) is 0 Å². The Balaban J connectivity index is 1.77. The van der Waals surface area contributed by atoms with Gasteiger partial charge >= 0.3 is 12.1 Å². The molecule has 0 radical (unpaired) electrons. The number of rotatable bonds is 9. The van der Waals surface area contributed by atoms with Crippen molar-refractivity contribution >= 4 is 45.8 Å². The molecule has 2 aliphatic rings. The van der Waals surface area contributed by atoms with E-state index < -0.39 is 6.09 Å². The highest BCUT2D eigenvalue weighted by Gasteiger charge is 2.31. The Kier molecular flexibility index (Phi) is 9.96. The fraction of sp³-hybridized carbons (Fsp3) is 0.444. The second kappa shape index (κ2) is 13.9.